The largest absolute Gasteiger partial charge is 0.414 e. The van der Waals surface area contributed by atoms with E-state index in [9.17, 15) is 13.2 Å². The van der Waals surface area contributed by atoms with Crippen molar-refractivity contribution in [2.75, 3.05) is 5.33 Å². The van der Waals surface area contributed by atoms with Crippen molar-refractivity contribution in [3.8, 4) is 0 Å². The summed E-state index contributed by atoms with van der Waals surface area (Å²) in [4.78, 5) is 0. The van der Waals surface area contributed by atoms with Gasteiger partial charge in [0.05, 0.1) is 0 Å². The molecule has 1 saturated carbocycles. The van der Waals surface area contributed by atoms with Crippen LogP contribution in [-0.2, 0) is 0 Å². The topological polar surface area (TPSA) is 20.2 Å². The van der Waals surface area contributed by atoms with E-state index < -0.39 is 12.3 Å². The second kappa shape index (κ2) is 5.53. The lowest BCUT2D eigenvalue weighted by Crippen LogP contribution is -2.31. The molecule has 90 valence electrons. The number of aliphatic hydroxyl groups is 1. The lowest BCUT2D eigenvalue weighted by molar-refractivity contribution is -0.209. The van der Waals surface area contributed by atoms with Gasteiger partial charge in [0.2, 0.25) is 0 Å². The van der Waals surface area contributed by atoms with Gasteiger partial charge in [0.1, 0.15) is 6.10 Å². The van der Waals surface area contributed by atoms with E-state index in [1.54, 1.807) is 0 Å². The molecule has 1 atom stereocenters. The van der Waals surface area contributed by atoms with Crippen molar-refractivity contribution in [2.24, 2.45) is 11.8 Å². The molecule has 15 heavy (non-hydrogen) atoms. The van der Waals surface area contributed by atoms with Gasteiger partial charge in [-0.15, -0.1) is 0 Å². The van der Waals surface area contributed by atoms with E-state index in [2.05, 4.69) is 15.9 Å². The molecule has 0 spiro atoms. The molecule has 5 heteroatoms. The first-order chi connectivity index (χ1) is 6.93. The van der Waals surface area contributed by atoms with E-state index in [1.807, 2.05) is 0 Å². The molecule has 1 aliphatic rings. The highest BCUT2D eigenvalue weighted by Gasteiger charge is 2.39. The second-order valence-corrected chi connectivity index (χ2v) is 4.98. The SMILES string of the molecule is OC(CC1CCC(CBr)CC1)C(F)(F)F. The van der Waals surface area contributed by atoms with Gasteiger partial charge in [0.25, 0.3) is 0 Å². The molecule has 0 heterocycles. The Labute approximate surface area is 96.2 Å². The van der Waals surface area contributed by atoms with E-state index in [0.29, 0.717) is 5.92 Å². The predicted molar refractivity (Wildman–Crippen MR) is 55.9 cm³/mol. The maximum Gasteiger partial charge on any atom is 0.414 e. The summed E-state index contributed by atoms with van der Waals surface area (Å²) in [5.74, 6) is 0.640. The highest BCUT2D eigenvalue weighted by atomic mass is 79.9. The van der Waals surface area contributed by atoms with Gasteiger partial charge in [-0.3, -0.25) is 0 Å². The summed E-state index contributed by atoms with van der Waals surface area (Å²) in [6.07, 6.45) is -3.15. The van der Waals surface area contributed by atoms with Crippen molar-refractivity contribution in [1.82, 2.24) is 0 Å². The van der Waals surface area contributed by atoms with Crippen molar-refractivity contribution in [1.29, 1.82) is 0 Å². The molecule has 0 aromatic carbocycles. The van der Waals surface area contributed by atoms with Gasteiger partial charge in [-0.05, 0) is 31.1 Å². The van der Waals surface area contributed by atoms with Crippen LogP contribution in [0, 0.1) is 11.8 Å². The molecule has 0 amide bonds. The van der Waals surface area contributed by atoms with Crippen LogP contribution in [0.25, 0.3) is 0 Å². The van der Waals surface area contributed by atoms with Crippen molar-refractivity contribution < 1.29 is 18.3 Å². The lowest BCUT2D eigenvalue weighted by atomic mass is 9.80. The Kier molecular flexibility index (Phi) is 4.90. The van der Waals surface area contributed by atoms with Crippen LogP contribution in [0.4, 0.5) is 13.2 Å². The smallest absolute Gasteiger partial charge is 0.384 e. The molecule has 0 saturated heterocycles. The average Bonchev–Trinajstić information content (AvgIpc) is 2.17. The molecule has 0 radical (unpaired) electrons. The van der Waals surface area contributed by atoms with Gasteiger partial charge in [0.15, 0.2) is 0 Å². The van der Waals surface area contributed by atoms with Crippen molar-refractivity contribution >= 4 is 15.9 Å². The summed E-state index contributed by atoms with van der Waals surface area (Å²) >= 11 is 3.38. The lowest BCUT2D eigenvalue weighted by Gasteiger charge is -2.29. The van der Waals surface area contributed by atoms with Crippen molar-refractivity contribution in [2.45, 2.75) is 44.4 Å². The molecule has 1 N–H and O–H groups in total. The van der Waals surface area contributed by atoms with Gasteiger partial charge in [-0.2, -0.15) is 13.2 Å². The average molecular weight is 289 g/mol. The van der Waals surface area contributed by atoms with E-state index >= 15 is 0 Å². The summed E-state index contributed by atoms with van der Waals surface area (Å²) in [6, 6.07) is 0. The Hall–Kier alpha value is 0.230. The quantitative estimate of drug-likeness (QED) is 0.788. The Bertz CT molecular complexity index is 188. The molecule has 0 aromatic heterocycles. The molecule has 1 unspecified atom stereocenters. The molecule has 0 bridgehead atoms. The van der Waals surface area contributed by atoms with Crippen LogP contribution in [0.1, 0.15) is 32.1 Å². The second-order valence-electron chi connectivity index (χ2n) is 4.33. The van der Waals surface area contributed by atoms with Crippen molar-refractivity contribution in [3.05, 3.63) is 0 Å². The number of hydrogen-bond acceptors (Lipinski definition) is 1. The van der Waals surface area contributed by atoms with Gasteiger partial charge >= 0.3 is 6.18 Å². The third-order valence-electron chi connectivity index (χ3n) is 3.12. The summed E-state index contributed by atoms with van der Waals surface area (Å²) in [7, 11) is 0. The maximum absolute atomic E-state index is 12.1. The summed E-state index contributed by atoms with van der Waals surface area (Å²) in [6.45, 7) is 0. The molecule has 1 aliphatic carbocycles. The fraction of sp³-hybridized carbons (Fsp3) is 1.00. The van der Waals surface area contributed by atoms with Crippen LogP contribution in [0.15, 0.2) is 0 Å². The number of hydrogen-bond donors (Lipinski definition) is 1. The zero-order valence-electron chi connectivity index (χ0n) is 8.43. The van der Waals surface area contributed by atoms with Gasteiger partial charge in [0, 0.05) is 5.33 Å². The van der Waals surface area contributed by atoms with Crippen LogP contribution < -0.4 is 0 Å². The molecule has 0 aromatic rings. The molecule has 0 aliphatic heterocycles. The number of halogens is 4. The number of aliphatic hydroxyl groups excluding tert-OH is 1. The first kappa shape index (κ1) is 13.3. The van der Waals surface area contributed by atoms with E-state index in [-0.39, 0.29) is 12.3 Å². The fourth-order valence-corrected chi connectivity index (χ4v) is 2.72. The molecular formula is C10H16BrF3O. The van der Waals surface area contributed by atoms with Crippen LogP contribution in [-0.4, -0.2) is 22.7 Å². The van der Waals surface area contributed by atoms with E-state index in [1.165, 1.54) is 0 Å². The summed E-state index contributed by atoms with van der Waals surface area (Å²) < 4.78 is 36.3. The molecular weight excluding hydrogens is 273 g/mol. The van der Waals surface area contributed by atoms with Crippen LogP contribution in [0.2, 0.25) is 0 Å². The Morgan fingerprint density at radius 3 is 2.00 bits per heavy atom. The third kappa shape index (κ3) is 4.31. The minimum Gasteiger partial charge on any atom is -0.384 e. The third-order valence-corrected chi connectivity index (χ3v) is 4.03. The van der Waals surface area contributed by atoms with Gasteiger partial charge < -0.3 is 5.11 Å². The van der Waals surface area contributed by atoms with E-state index in [0.717, 1.165) is 31.0 Å². The first-order valence-corrected chi connectivity index (χ1v) is 6.36. The molecule has 1 rings (SSSR count). The minimum atomic E-state index is -4.45. The Morgan fingerprint density at radius 2 is 1.60 bits per heavy atom. The predicted octanol–water partition coefficient (Wildman–Crippen LogP) is 3.50. The van der Waals surface area contributed by atoms with Crippen LogP contribution in [0.3, 0.4) is 0 Å². The highest BCUT2D eigenvalue weighted by molar-refractivity contribution is 9.09. The standard InChI is InChI=1S/C10H16BrF3O/c11-6-8-3-1-7(2-4-8)5-9(15)10(12,13)14/h7-9,15H,1-6H2. The van der Waals surface area contributed by atoms with Gasteiger partial charge in [-0.1, -0.05) is 28.8 Å². The summed E-state index contributed by atoms with van der Waals surface area (Å²) in [5.41, 5.74) is 0. The monoisotopic (exact) mass is 288 g/mol. The zero-order chi connectivity index (χ0) is 11.5. The number of rotatable bonds is 3. The zero-order valence-corrected chi connectivity index (χ0v) is 10.0. The molecule has 1 nitrogen and oxygen atoms in total. The Morgan fingerprint density at radius 1 is 1.13 bits per heavy atom. The normalized spacial score (nSPS) is 30.2. The van der Waals surface area contributed by atoms with Gasteiger partial charge in [-0.25, -0.2) is 0 Å². The van der Waals surface area contributed by atoms with Crippen molar-refractivity contribution in [3.63, 3.8) is 0 Å². The first-order valence-electron chi connectivity index (χ1n) is 5.24. The molecule has 1 fully saturated rings. The maximum atomic E-state index is 12.1. The summed E-state index contributed by atoms with van der Waals surface area (Å²) in [5, 5.41) is 9.86. The minimum absolute atomic E-state index is 0.0388. The fourth-order valence-electron chi connectivity index (χ4n) is 2.07. The van der Waals surface area contributed by atoms with Crippen LogP contribution in [0.5, 0.6) is 0 Å². The Balaban J connectivity index is 2.29. The number of alkyl halides is 4. The highest BCUT2D eigenvalue weighted by Crippen LogP contribution is 2.35. The van der Waals surface area contributed by atoms with Crippen LogP contribution >= 0.6 is 15.9 Å². The van der Waals surface area contributed by atoms with E-state index in [4.69, 9.17) is 5.11 Å².